The molecule has 2 aromatic rings. The van der Waals surface area contributed by atoms with Gasteiger partial charge >= 0.3 is 0 Å². The van der Waals surface area contributed by atoms with Crippen LogP contribution >= 0.6 is 11.6 Å². The highest BCUT2D eigenvalue weighted by Gasteiger charge is 2.18. The topological polar surface area (TPSA) is 43.6 Å². The second-order valence-electron chi connectivity index (χ2n) is 5.64. The maximum atomic E-state index is 6.10. The number of nitrogens with zero attached hydrogens (tertiary/aromatic N) is 4. The normalized spacial score (nSPS) is 11.8. The summed E-state index contributed by atoms with van der Waals surface area (Å²) in [5, 5.41) is 4.77. The highest BCUT2D eigenvalue weighted by molar-refractivity contribution is 6.29. The van der Waals surface area contributed by atoms with Crippen molar-refractivity contribution in [1.29, 1.82) is 0 Å². The van der Waals surface area contributed by atoms with Crippen molar-refractivity contribution in [2.24, 2.45) is 0 Å². The van der Waals surface area contributed by atoms with Crippen molar-refractivity contribution in [3.63, 3.8) is 0 Å². The lowest BCUT2D eigenvalue weighted by atomic mass is 9.92. The van der Waals surface area contributed by atoms with E-state index in [0.717, 1.165) is 24.2 Å². The molecule has 0 saturated heterocycles. The van der Waals surface area contributed by atoms with Crippen LogP contribution in [0.2, 0.25) is 5.15 Å². The first-order valence-electron chi connectivity index (χ1n) is 6.48. The Kier molecular flexibility index (Phi) is 3.90. The van der Waals surface area contributed by atoms with Crippen molar-refractivity contribution in [3.05, 3.63) is 29.3 Å². The molecular formula is C14H19ClN4. The molecule has 0 N–H and O–H groups in total. The molecule has 0 aliphatic rings. The molecule has 0 bridgehead atoms. The summed E-state index contributed by atoms with van der Waals surface area (Å²) in [6.45, 7) is 9.34. The monoisotopic (exact) mass is 278 g/mol. The summed E-state index contributed by atoms with van der Waals surface area (Å²) in [4.78, 5) is 8.89. The molecule has 0 saturated carbocycles. The van der Waals surface area contributed by atoms with Crippen molar-refractivity contribution in [1.82, 2.24) is 19.7 Å². The molecule has 0 aliphatic carbocycles. The molecule has 0 aromatic carbocycles. The molecule has 0 atom stereocenters. The van der Waals surface area contributed by atoms with Gasteiger partial charge in [-0.3, -0.25) is 4.68 Å². The van der Waals surface area contributed by atoms with E-state index in [4.69, 9.17) is 11.6 Å². The van der Waals surface area contributed by atoms with E-state index in [1.165, 1.54) is 0 Å². The van der Waals surface area contributed by atoms with Gasteiger partial charge in [-0.15, -0.1) is 0 Å². The lowest BCUT2D eigenvalue weighted by Gasteiger charge is -2.18. The molecule has 102 valence electrons. The van der Waals surface area contributed by atoms with Gasteiger partial charge in [0.25, 0.3) is 0 Å². The third-order valence-electron chi connectivity index (χ3n) is 2.81. The maximum absolute atomic E-state index is 6.10. The zero-order chi connectivity index (χ0) is 14.0. The summed E-state index contributed by atoms with van der Waals surface area (Å²) in [7, 11) is 0. The molecule has 2 aromatic heterocycles. The molecule has 0 unspecified atom stereocenters. The minimum absolute atomic E-state index is 0.0548. The van der Waals surface area contributed by atoms with E-state index < -0.39 is 0 Å². The third kappa shape index (κ3) is 3.32. The Morgan fingerprint density at radius 2 is 2.00 bits per heavy atom. The first-order chi connectivity index (χ1) is 8.90. The van der Waals surface area contributed by atoms with Gasteiger partial charge < -0.3 is 0 Å². The predicted octanol–water partition coefficient (Wildman–Crippen LogP) is 3.70. The van der Waals surface area contributed by atoms with Crippen LogP contribution in [-0.2, 0) is 12.0 Å². The summed E-state index contributed by atoms with van der Waals surface area (Å²) in [5.41, 5.74) is 1.79. The Bertz CT molecular complexity index is 569. The zero-order valence-corrected chi connectivity index (χ0v) is 12.6. The highest BCUT2D eigenvalue weighted by atomic mass is 35.5. The summed E-state index contributed by atoms with van der Waals surface area (Å²) in [6.07, 6.45) is 4.79. The van der Waals surface area contributed by atoms with Crippen LogP contribution in [0.4, 0.5) is 0 Å². The third-order valence-corrected chi connectivity index (χ3v) is 3.00. The van der Waals surface area contributed by atoms with Crippen LogP contribution in [0.15, 0.2) is 18.5 Å². The van der Waals surface area contributed by atoms with Crippen molar-refractivity contribution in [2.75, 3.05) is 0 Å². The van der Waals surface area contributed by atoms with Crippen LogP contribution in [0.25, 0.3) is 11.4 Å². The van der Waals surface area contributed by atoms with Crippen molar-refractivity contribution < 1.29 is 0 Å². The highest BCUT2D eigenvalue weighted by Crippen LogP contribution is 2.25. The van der Waals surface area contributed by atoms with Crippen LogP contribution in [0.1, 0.15) is 39.8 Å². The SMILES string of the molecule is CCCn1cc(-c2nc(Cl)cc(C(C)(C)C)n2)cn1. The van der Waals surface area contributed by atoms with Gasteiger partial charge in [0.15, 0.2) is 5.82 Å². The lowest BCUT2D eigenvalue weighted by molar-refractivity contribution is 0.568. The largest absolute Gasteiger partial charge is 0.272 e. The first-order valence-corrected chi connectivity index (χ1v) is 6.86. The maximum Gasteiger partial charge on any atom is 0.164 e. The van der Waals surface area contributed by atoms with Gasteiger partial charge in [-0.25, -0.2) is 9.97 Å². The Labute approximate surface area is 118 Å². The number of aryl methyl sites for hydroxylation is 1. The Hall–Kier alpha value is -1.42. The van der Waals surface area contributed by atoms with Crippen LogP contribution in [0.3, 0.4) is 0 Å². The summed E-state index contributed by atoms with van der Waals surface area (Å²) < 4.78 is 1.90. The zero-order valence-electron chi connectivity index (χ0n) is 11.8. The second-order valence-corrected chi connectivity index (χ2v) is 6.03. The van der Waals surface area contributed by atoms with E-state index in [1.54, 1.807) is 6.20 Å². The molecule has 0 amide bonds. The van der Waals surface area contributed by atoms with Gasteiger partial charge in [0.05, 0.1) is 17.5 Å². The number of halogens is 1. The average Bonchev–Trinajstić information content (AvgIpc) is 2.76. The molecular weight excluding hydrogens is 260 g/mol. The fourth-order valence-electron chi connectivity index (χ4n) is 1.76. The molecule has 0 radical (unpaired) electrons. The first kappa shape index (κ1) is 14.0. The molecule has 2 heterocycles. The van der Waals surface area contributed by atoms with Crippen molar-refractivity contribution in [2.45, 2.75) is 46.1 Å². The Balaban J connectivity index is 2.41. The second kappa shape index (κ2) is 5.29. The van der Waals surface area contributed by atoms with E-state index in [2.05, 4.69) is 42.8 Å². The van der Waals surface area contributed by atoms with Gasteiger partial charge in [0.2, 0.25) is 0 Å². The van der Waals surface area contributed by atoms with Gasteiger partial charge in [0, 0.05) is 18.2 Å². The molecule has 2 rings (SSSR count). The van der Waals surface area contributed by atoms with Gasteiger partial charge in [0.1, 0.15) is 5.15 Å². The average molecular weight is 279 g/mol. The summed E-state index contributed by atoms with van der Waals surface area (Å²) in [6, 6.07) is 1.82. The van der Waals surface area contributed by atoms with Crippen molar-refractivity contribution in [3.8, 4) is 11.4 Å². The van der Waals surface area contributed by atoms with E-state index >= 15 is 0 Å². The van der Waals surface area contributed by atoms with Crippen LogP contribution in [0.5, 0.6) is 0 Å². The smallest absolute Gasteiger partial charge is 0.164 e. The number of hydrogen-bond acceptors (Lipinski definition) is 3. The van der Waals surface area contributed by atoms with Gasteiger partial charge in [-0.1, -0.05) is 39.3 Å². The van der Waals surface area contributed by atoms with E-state index in [0.29, 0.717) is 11.0 Å². The predicted molar refractivity (Wildman–Crippen MR) is 77.3 cm³/mol. The summed E-state index contributed by atoms with van der Waals surface area (Å²) >= 11 is 6.10. The fraction of sp³-hybridized carbons (Fsp3) is 0.500. The van der Waals surface area contributed by atoms with Crippen molar-refractivity contribution >= 4 is 11.6 Å². The molecule has 0 spiro atoms. The molecule has 5 heteroatoms. The number of rotatable bonds is 3. The molecule has 0 fully saturated rings. The molecule has 0 aliphatic heterocycles. The standard InChI is InChI=1S/C14H19ClN4/c1-5-6-19-9-10(8-16-19)13-17-11(14(2,3)4)7-12(15)18-13/h7-9H,5-6H2,1-4H3. The minimum atomic E-state index is -0.0548. The number of hydrogen-bond donors (Lipinski definition) is 0. The number of aromatic nitrogens is 4. The van der Waals surface area contributed by atoms with Crippen LogP contribution in [-0.4, -0.2) is 19.7 Å². The molecule has 19 heavy (non-hydrogen) atoms. The fourth-order valence-corrected chi connectivity index (χ4v) is 1.94. The van der Waals surface area contributed by atoms with Crippen LogP contribution < -0.4 is 0 Å². The van der Waals surface area contributed by atoms with E-state index in [1.807, 2.05) is 16.9 Å². The Morgan fingerprint density at radius 3 is 2.63 bits per heavy atom. The van der Waals surface area contributed by atoms with Crippen LogP contribution in [0, 0.1) is 0 Å². The van der Waals surface area contributed by atoms with E-state index in [-0.39, 0.29) is 5.41 Å². The minimum Gasteiger partial charge on any atom is -0.272 e. The molecule has 4 nitrogen and oxygen atoms in total. The summed E-state index contributed by atoms with van der Waals surface area (Å²) in [5.74, 6) is 0.639. The Morgan fingerprint density at radius 1 is 1.26 bits per heavy atom. The lowest BCUT2D eigenvalue weighted by Crippen LogP contribution is -2.14. The van der Waals surface area contributed by atoms with E-state index in [9.17, 15) is 0 Å². The quantitative estimate of drug-likeness (QED) is 0.804. The van der Waals surface area contributed by atoms with Gasteiger partial charge in [-0.2, -0.15) is 5.10 Å². The van der Waals surface area contributed by atoms with Gasteiger partial charge in [-0.05, 0) is 12.5 Å².